The Kier molecular flexibility index (Phi) is 5.58. The van der Waals surface area contributed by atoms with E-state index in [4.69, 9.17) is 9.47 Å². The van der Waals surface area contributed by atoms with Crippen LogP contribution in [-0.4, -0.2) is 51.7 Å². The lowest BCUT2D eigenvalue weighted by molar-refractivity contribution is -0.116. The molecule has 0 spiro atoms. The quantitative estimate of drug-likeness (QED) is 0.562. The molecule has 1 amide bonds. The van der Waals surface area contributed by atoms with Crippen LogP contribution in [0.25, 0.3) is 6.08 Å². The number of carbonyl (C=O) groups excluding carboxylic acids is 3. The topological polar surface area (TPSA) is 136 Å². The molecule has 0 bridgehead atoms. The molecule has 0 saturated carbocycles. The minimum Gasteiger partial charge on any atom is -0.462 e. The van der Waals surface area contributed by atoms with E-state index in [9.17, 15) is 14.4 Å². The van der Waals surface area contributed by atoms with Crippen molar-refractivity contribution < 1.29 is 23.9 Å². The van der Waals surface area contributed by atoms with Gasteiger partial charge >= 0.3 is 11.9 Å². The second-order valence-corrected chi connectivity index (χ2v) is 5.48. The molecule has 0 saturated heterocycles. The molecule has 1 aliphatic rings. The van der Waals surface area contributed by atoms with Crippen LogP contribution in [0.1, 0.15) is 46.0 Å². The van der Waals surface area contributed by atoms with Crippen molar-refractivity contribution in [3.63, 3.8) is 0 Å². The first-order valence-corrected chi connectivity index (χ1v) is 8.48. The first-order chi connectivity index (χ1) is 13.6. The van der Waals surface area contributed by atoms with Gasteiger partial charge in [0.25, 0.3) is 5.91 Å². The molecule has 28 heavy (non-hydrogen) atoms. The molecule has 144 valence electrons. The van der Waals surface area contributed by atoms with Crippen LogP contribution in [0.3, 0.4) is 0 Å². The van der Waals surface area contributed by atoms with Crippen molar-refractivity contribution in [3.05, 3.63) is 52.9 Å². The predicted molar refractivity (Wildman–Crippen MR) is 97.4 cm³/mol. The van der Waals surface area contributed by atoms with Gasteiger partial charge in [-0.15, -0.1) is 0 Å². The van der Waals surface area contributed by atoms with Crippen LogP contribution in [0, 0.1) is 0 Å². The van der Waals surface area contributed by atoms with Crippen molar-refractivity contribution in [1.29, 1.82) is 0 Å². The van der Waals surface area contributed by atoms with Crippen molar-refractivity contribution in [2.24, 2.45) is 5.10 Å². The van der Waals surface area contributed by atoms with E-state index in [-0.39, 0.29) is 41.3 Å². The Bertz CT molecular complexity index is 978. The van der Waals surface area contributed by atoms with Gasteiger partial charge in [0.05, 0.1) is 41.8 Å². The zero-order valence-corrected chi connectivity index (χ0v) is 15.2. The van der Waals surface area contributed by atoms with Crippen molar-refractivity contribution in [2.45, 2.75) is 13.8 Å². The van der Waals surface area contributed by atoms with Crippen LogP contribution < -0.4 is 5.43 Å². The average Bonchev–Trinajstić information content (AvgIpc) is 3.27. The minimum atomic E-state index is -0.713. The molecule has 0 radical (unpaired) electrons. The fourth-order valence-corrected chi connectivity index (χ4v) is 2.58. The van der Waals surface area contributed by atoms with E-state index in [1.54, 1.807) is 13.8 Å². The van der Waals surface area contributed by atoms with Gasteiger partial charge in [-0.2, -0.15) is 5.10 Å². The van der Waals surface area contributed by atoms with Crippen LogP contribution in [0.5, 0.6) is 0 Å². The Balaban J connectivity index is 2.07. The number of aromatic nitrogens is 3. The maximum Gasteiger partial charge on any atom is 0.341 e. The number of nitrogens with zero attached hydrogens (tertiary/aromatic N) is 3. The Morgan fingerprint density at radius 2 is 1.89 bits per heavy atom. The number of nitrogens with one attached hydrogen (secondary N) is 2. The number of esters is 2. The standard InChI is InChI=1S/C18H17N5O5/c1-3-27-17(25)11-8-21-12(14(11)18(26)28-4-2)7-10-15(22-23-16(10)24)13-9-19-5-6-20-13/h5-9,21H,3-4H2,1-2H3,(H,23,24). The number of H-pyrrole nitrogens is 1. The van der Waals surface area contributed by atoms with Crippen molar-refractivity contribution in [1.82, 2.24) is 20.4 Å². The summed E-state index contributed by atoms with van der Waals surface area (Å²) in [5.74, 6) is -1.87. The maximum atomic E-state index is 12.4. The molecule has 2 N–H and O–H groups in total. The molecule has 10 nitrogen and oxygen atoms in total. The summed E-state index contributed by atoms with van der Waals surface area (Å²) in [4.78, 5) is 47.8. The van der Waals surface area contributed by atoms with Crippen molar-refractivity contribution >= 4 is 29.6 Å². The first kappa shape index (κ1) is 19.0. The van der Waals surface area contributed by atoms with Gasteiger partial charge in [-0.1, -0.05) is 0 Å². The van der Waals surface area contributed by atoms with E-state index in [1.807, 2.05) is 0 Å². The normalized spacial score (nSPS) is 14.6. The lowest BCUT2D eigenvalue weighted by atomic mass is 10.0. The van der Waals surface area contributed by atoms with Gasteiger partial charge in [0.15, 0.2) is 0 Å². The highest BCUT2D eigenvalue weighted by atomic mass is 16.5. The highest BCUT2D eigenvalue weighted by molar-refractivity contribution is 6.32. The Labute approximate surface area is 159 Å². The summed E-state index contributed by atoms with van der Waals surface area (Å²) < 4.78 is 10.0. The Morgan fingerprint density at radius 1 is 1.14 bits per heavy atom. The smallest absolute Gasteiger partial charge is 0.341 e. The van der Waals surface area contributed by atoms with Crippen LogP contribution in [0.15, 0.2) is 35.5 Å². The summed E-state index contributed by atoms with van der Waals surface area (Å²) in [6.45, 7) is 3.57. The predicted octanol–water partition coefficient (Wildman–Crippen LogP) is 1.08. The van der Waals surface area contributed by atoms with E-state index < -0.39 is 17.8 Å². The summed E-state index contributed by atoms with van der Waals surface area (Å²) in [5.41, 5.74) is 3.36. The fourth-order valence-electron chi connectivity index (χ4n) is 2.58. The van der Waals surface area contributed by atoms with Gasteiger partial charge in [-0.05, 0) is 19.9 Å². The number of hydrogen-bond acceptors (Lipinski definition) is 8. The van der Waals surface area contributed by atoms with Gasteiger partial charge in [-0.25, -0.2) is 15.0 Å². The summed E-state index contributed by atoms with van der Waals surface area (Å²) >= 11 is 0. The number of carbonyl (C=O) groups is 3. The molecule has 0 atom stereocenters. The summed E-state index contributed by atoms with van der Waals surface area (Å²) in [5, 5.41) is 3.97. The van der Waals surface area contributed by atoms with Crippen LogP contribution in [0.4, 0.5) is 0 Å². The van der Waals surface area contributed by atoms with E-state index >= 15 is 0 Å². The molecular formula is C18H17N5O5. The molecule has 0 unspecified atom stereocenters. The second kappa shape index (κ2) is 8.25. The highest BCUT2D eigenvalue weighted by Gasteiger charge is 2.29. The van der Waals surface area contributed by atoms with E-state index in [0.717, 1.165) is 0 Å². The zero-order chi connectivity index (χ0) is 20.1. The van der Waals surface area contributed by atoms with Gasteiger partial charge in [0.1, 0.15) is 11.4 Å². The van der Waals surface area contributed by atoms with Gasteiger partial charge in [0, 0.05) is 18.6 Å². The first-order valence-electron chi connectivity index (χ1n) is 8.48. The van der Waals surface area contributed by atoms with Crippen molar-refractivity contribution in [3.8, 4) is 0 Å². The molecule has 0 aliphatic carbocycles. The van der Waals surface area contributed by atoms with Crippen LogP contribution in [-0.2, 0) is 14.3 Å². The SMILES string of the molecule is CCOC(=O)c1c[nH]c(C=C2C(=O)NN=C2c2cnccn2)c1C(=O)OCC. The number of amides is 1. The molecule has 10 heteroatoms. The third kappa shape index (κ3) is 3.65. The molecule has 1 aliphatic heterocycles. The third-order valence-electron chi connectivity index (χ3n) is 3.75. The zero-order valence-electron chi connectivity index (χ0n) is 15.2. The second-order valence-electron chi connectivity index (χ2n) is 5.48. The van der Waals surface area contributed by atoms with Gasteiger partial charge in [-0.3, -0.25) is 14.8 Å². The monoisotopic (exact) mass is 383 g/mol. The molecule has 2 aromatic heterocycles. The molecule has 0 fully saturated rings. The molecule has 0 aromatic carbocycles. The van der Waals surface area contributed by atoms with Crippen LogP contribution >= 0.6 is 0 Å². The maximum absolute atomic E-state index is 12.4. The van der Waals surface area contributed by atoms with Gasteiger partial charge in [0.2, 0.25) is 0 Å². The molecular weight excluding hydrogens is 366 g/mol. The van der Waals surface area contributed by atoms with E-state index in [1.165, 1.54) is 30.9 Å². The number of rotatable bonds is 6. The third-order valence-corrected chi connectivity index (χ3v) is 3.75. The van der Waals surface area contributed by atoms with Crippen LogP contribution in [0.2, 0.25) is 0 Å². The Morgan fingerprint density at radius 3 is 2.57 bits per heavy atom. The number of hydrogen-bond donors (Lipinski definition) is 2. The summed E-state index contributed by atoms with van der Waals surface area (Å²) in [6.07, 6.45) is 7.16. The van der Waals surface area contributed by atoms with Gasteiger partial charge < -0.3 is 14.5 Å². The molecule has 3 rings (SSSR count). The molecule has 3 heterocycles. The minimum absolute atomic E-state index is 0.0172. The van der Waals surface area contributed by atoms with Crippen molar-refractivity contribution in [2.75, 3.05) is 13.2 Å². The molecule has 2 aromatic rings. The Hall–Kier alpha value is -3.82. The fraction of sp³-hybridized carbons (Fsp3) is 0.222. The number of aromatic amines is 1. The summed E-state index contributed by atoms with van der Waals surface area (Å²) in [6, 6.07) is 0. The van der Waals surface area contributed by atoms with E-state index in [0.29, 0.717) is 5.69 Å². The lowest BCUT2D eigenvalue weighted by Crippen LogP contribution is -2.15. The lowest BCUT2D eigenvalue weighted by Gasteiger charge is -2.06. The average molecular weight is 383 g/mol. The summed E-state index contributed by atoms with van der Waals surface area (Å²) in [7, 11) is 0. The number of hydrazone groups is 1. The van der Waals surface area contributed by atoms with E-state index in [2.05, 4.69) is 25.5 Å². The highest BCUT2D eigenvalue weighted by Crippen LogP contribution is 2.22. The largest absolute Gasteiger partial charge is 0.462 e. The number of ether oxygens (including phenoxy) is 2.